The predicted molar refractivity (Wildman–Crippen MR) is 240 cm³/mol. The smallest absolute Gasteiger partial charge is 0.223 e. The first-order chi connectivity index (χ1) is 24.5. The van der Waals surface area contributed by atoms with E-state index in [0.29, 0.717) is 0 Å². The van der Waals surface area contributed by atoms with Crippen LogP contribution < -0.4 is 16.0 Å². The molecule has 2 rings (SSSR count). The van der Waals surface area contributed by atoms with Gasteiger partial charge in [-0.3, -0.25) is 4.79 Å². The van der Waals surface area contributed by atoms with Crippen LogP contribution in [0.4, 0.5) is 5.69 Å². The monoisotopic (exact) mass is 726 g/mol. The molecule has 0 radical (unpaired) electrons. The standard InChI is InChI=1S/C12H17NO.C10H15N.C10H22.C5H12.C4H8.C4H6.CH3NS/c1-4-9-13(11(3)14)12-8-6-5-7-10(12)2;1-2-8-11-9-10-6-4-3-5-7-10;1-5-7-10(6-2)8-9(3)4;1-3-5-4-2;2*1-3-4-2;2-1-3/h5-8H,4,9H2,1-3H3;3-7,11H,2,8-9H2,1H3;9-10H,5-8H2,1-4H3;3-5H2,1-2H3;3-4H,1-2H3;3-4H,1-2H2;1H,(H2,2,3)/b;;;;4-3-;;. The maximum atomic E-state index is 11.4. The van der Waals surface area contributed by atoms with Crippen LogP contribution in [0, 0.1) is 18.8 Å². The number of allylic oxidation sites excluding steroid dienone is 4. The number of aryl methyl sites for hydroxylation is 1. The Hall–Kier alpha value is -3.02. The van der Waals surface area contributed by atoms with Crippen molar-refractivity contribution in [3.63, 3.8) is 0 Å². The summed E-state index contributed by atoms with van der Waals surface area (Å²) in [6, 6.07) is 18.4. The summed E-state index contributed by atoms with van der Waals surface area (Å²) in [7, 11) is 0. The van der Waals surface area contributed by atoms with Gasteiger partial charge in [-0.2, -0.15) is 0 Å². The van der Waals surface area contributed by atoms with E-state index in [1.807, 2.05) is 68.2 Å². The largest absolute Gasteiger partial charge is 0.396 e. The number of amides is 1. The van der Waals surface area contributed by atoms with Gasteiger partial charge in [-0.1, -0.05) is 192 Å². The van der Waals surface area contributed by atoms with Gasteiger partial charge in [0.05, 0.1) is 5.49 Å². The number of rotatable bonds is 15. The van der Waals surface area contributed by atoms with Crippen LogP contribution in [-0.4, -0.2) is 24.5 Å². The number of hydrogen-bond acceptors (Lipinski definition) is 3. The van der Waals surface area contributed by atoms with Crippen molar-refractivity contribution >= 4 is 29.3 Å². The van der Waals surface area contributed by atoms with Crippen LogP contribution in [0.15, 0.2) is 92.1 Å². The molecule has 0 aliphatic rings. The van der Waals surface area contributed by atoms with Gasteiger partial charge >= 0.3 is 0 Å². The molecule has 2 aromatic rings. The van der Waals surface area contributed by atoms with Crippen LogP contribution in [0.3, 0.4) is 0 Å². The van der Waals surface area contributed by atoms with Crippen molar-refractivity contribution in [3.05, 3.63) is 103 Å². The van der Waals surface area contributed by atoms with E-state index in [0.717, 1.165) is 54.6 Å². The summed E-state index contributed by atoms with van der Waals surface area (Å²) in [6.45, 7) is 35.2. The van der Waals surface area contributed by atoms with Crippen LogP contribution in [0.1, 0.15) is 145 Å². The molecule has 294 valence electrons. The molecule has 0 saturated carbocycles. The Morgan fingerprint density at radius 2 is 1.35 bits per heavy atom. The number of nitrogens with two attached hydrogens (primary N) is 1. The van der Waals surface area contributed by atoms with Crippen LogP contribution in [0.25, 0.3) is 0 Å². The van der Waals surface area contributed by atoms with Gasteiger partial charge in [0.2, 0.25) is 5.91 Å². The van der Waals surface area contributed by atoms with E-state index in [4.69, 9.17) is 0 Å². The molecule has 0 aliphatic carbocycles. The predicted octanol–water partition coefficient (Wildman–Crippen LogP) is 13.8. The molecule has 51 heavy (non-hydrogen) atoms. The molecule has 0 saturated heterocycles. The van der Waals surface area contributed by atoms with Gasteiger partial charge in [-0.05, 0) is 75.6 Å². The van der Waals surface area contributed by atoms with Crippen LogP contribution in [0.2, 0.25) is 0 Å². The first-order valence-corrected chi connectivity index (χ1v) is 20.0. The number of nitrogens with one attached hydrogen (secondary N) is 1. The molecule has 3 N–H and O–H groups in total. The van der Waals surface area contributed by atoms with Gasteiger partial charge in [0.1, 0.15) is 0 Å². The third-order valence-electron chi connectivity index (χ3n) is 7.12. The average molecular weight is 726 g/mol. The highest BCUT2D eigenvalue weighted by molar-refractivity contribution is 7.78. The van der Waals surface area contributed by atoms with Crippen molar-refractivity contribution < 1.29 is 4.79 Å². The summed E-state index contributed by atoms with van der Waals surface area (Å²) in [5.41, 5.74) is 9.16. The molecule has 0 aromatic heterocycles. The Morgan fingerprint density at radius 1 is 0.843 bits per heavy atom. The van der Waals surface area contributed by atoms with E-state index in [2.05, 4.69) is 116 Å². The lowest BCUT2D eigenvalue weighted by Crippen LogP contribution is -2.29. The van der Waals surface area contributed by atoms with E-state index in [1.54, 1.807) is 19.1 Å². The fourth-order valence-corrected chi connectivity index (χ4v) is 4.46. The Kier molecular flexibility index (Phi) is 55.2. The number of benzene rings is 2. The first kappa shape index (κ1) is 57.3. The topological polar surface area (TPSA) is 58.4 Å². The molecule has 5 heteroatoms. The lowest BCUT2D eigenvalue weighted by molar-refractivity contribution is -0.116. The highest BCUT2D eigenvalue weighted by Gasteiger charge is 2.11. The van der Waals surface area contributed by atoms with Crippen LogP contribution in [-0.2, 0) is 11.3 Å². The molecule has 2 aromatic carbocycles. The molecule has 0 bridgehead atoms. The Labute approximate surface area is 324 Å². The highest BCUT2D eigenvalue weighted by Crippen LogP contribution is 2.20. The SMILES string of the molecule is C/C=C\C.C=CC=C.CCCC(CC)CC(C)C.CCCCC.CCCN(C(C)=O)c1ccccc1C.CCCNCc1ccccc1.NC=S. The molecular weight excluding hydrogens is 643 g/mol. The minimum absolute atomic E-state index is 0.112. The summed E-state index contributed by atoms with van der Waals surface area (Å²) >= 11 is 4.05. The number of nitrogens with zero attached hydrogens (tertiary/aromatic N) is 1. The zero-order chi connectivity index (χ0) is 40.1. The average Bonchev–Trinajstić information content (AvgIpc) is 3.13. The second-order valence-electron chi connectivity index (χ2n) is 12.4. The Balaban J connectivity index is -0.000000173. The van der Waals surface area contributed by atoms with Gasteiger partial charge in [0.15, 0.2) is 0 Å². The third-order valence-corrected chi connectivity index (χ3v) is 7.12. The first-order valence-electron chi connectivity index (χ1n) is 19.5. The molecule has 4 nitrogen and oxygen atoms in total. The highest BCUT2D eigenvalue weighted by atomic mass is 32.1. The molecule has 0 fully saturated rings. The van der Waals surface area contributed by atoms with E-state index >= 15 is 0 Å². The van der Waals surface area contributed by atoms with Gasteiger partial charge in [0, 0.05) is 25.7 Å². The Morgan fingerprint density at radius 3 is 1.69 bits per heavy atom. The van der Waals surface area contributed by atoms with Gasteiger partial charge in [-0.25, -0.2) is 0 Å². The van der Waals surface area contributed by atoms with Gasteiger partial charge in [0.25, 0.3) is 0 Å². The molecule has 1 amide bonds. The summed E-state index contributed by atoms with van der Waals surface area (Å²) < 4.78 is 0. The normalized spacial score (nSPS) is 9.82. The van der Waals surface area contributed by atoms with Gasteiger partial charge in [-0.15, -0.1) is 0 Å². The molecule has 0 spiro atoms. The fraction of sp³-hybridized carbons (Fsp3) is 0.565. The maximum absolute atomic E-state index is 11.4. The number of unbranched alkanes of at least 4 members (excludes halogenated alkanes) is 2. The zero-order valence-corrected chi connectivity index (χ0v) is 36.3. The van der Waals surface area contributed by atoms with Crippen molar-refractivity contribution in [1.29, 1.82) is 0 Å². The number of hydrogen-bond donors (Lipinski definition) is 2. The summed E-state index contributed by atoms with van der Waals surface area (Å²) in [5.74, 6) is 1.99. The van der Waals surface area contributed by atoms with Crippen molar-refractivity contribution in [3.8, 4) is 0 Å². The van der Waals surface area contributed by atoms with E-state index in [9.17, 15) is 4.79 Å². The lowest BCUT2D eigenvalue weighted by Gasteiger charge is -2.22. The van der Waals surface area contributed by atoms with Crippen molar-refractivity contribution in [2.75, 3.05) is 18.0 Å². The number of para-hydroxylation sites is 1. The second-order valence-corrected chi connectivity index (χ2v) is 12.7. The molecule has 1 atom stereocenters. The van der Waals surface area contributed by atoms with Gasteiger partial charge < -0.3 is 16.0 Å². The van der Waals surface area contributed by atoms with E-state index in [-0.39, 0.29) is 5.91 Å². The minimum Gasteiger partial charge on any atom is -0.396 e. The van der Waals surface area contributed by atoms with Crippen molar-refractivity contribution in [2.24, 2.45) is 17.6 Å². The second kappa shape index (κ2) is 49.1. The quantitative estimate of drug-likeness (QED) is 0.0830. The molecule has 0 aliphatic heterocycles. The summed E-state index contributed by atoms with van der Waals surface area (Å²) in [5, 5.41) is 3.35. The van der Waals surface area contributed by atoms with Crippen LogP contribution >= 0.6 is 12.2 Å². The third kappa shape index (κ3) is 47.0. The number of anilines is 1. The number of carbonyl (C=O) groups is 1. The van der Waals surface area contributed by atoms with Crippen molar-refractivity contribution in [2.45, 2.75) is 147 Å². The molecule has 1 unspecified atom stereocenters. The number of thiocarbonyl (C=S) groups is 1. The molecular formula is C46H83N3OS. The molecule has 0 heterocycles. The summed E-state index contributed by atoms with van der Waals surface area (Å²) in [4.78, 5) is 13.2. The lowest BCUT2D eigenvalue weighted by atomic mass is 9.91. The van der Waals surface area contributed by atoms with Crippen molar-refractivity contribution in [1.82, 2.24) is 5.32 Å². The van der Waals surface area contributed by atoms with Crippen LogP contribution in [0.5, 0.6) is 0 Å². The minimum atomic E-state index is 0.112. The summed E-state index contributed by atoms with van der Waals surface area (Å²) in [6.07, 6.45) is 19.1. The maximum Gasteiger partial charge on any atom is 0.223 e. The number of carbonyl (C=O) groups excluding carboxylic acids is 1. The zero-order valence-electron chi connectivity index (χ0n) is 35.5. The van der Waals surface area contributed by atoms with E-state index < -0.39 is 0 Å². The Bertz CT molecular complexity index is 1010. The van der Waals surface area contributed by atoms with E-state index in [1.165, 1.54) is 56.9 Å². The fourth-order valence-electron chi connectivity index (χ4n) is 4.46.